The van der Waals surface area contributed by atoms with Crippen LogP contribution in [0.2, 0.25) is 0 Å². The maximum Gasteiger partial charge on any atom is 0.409 e. The number of hydrogen-bond acceptors (Lipinski definition) is 7. The van der Waals surface area contributed by atoms with Gasteiger partial charge in [0.2, 0.25) is 0 Å². The van der Waals surface area contributed by atoms with Crippen molar-refractivity contribution in [2.75, 3.05) is 50.8 Å². The highest BCUT2D eigenvalue weighted by molar-refractivity contribution is 5.76. The summed E-state index contributed by atoms with van der Waals surface area (Å²) in [7, 11) is 0. The average molecular weight is 456 g/mol. The first kappa shape index (κ1) is 21.9. The molecule has 8 nitrogen and oxygen atoms in total. The Morgan fingerprint density at radius 1 is 1.21 bits per heavy atom. The van der Waals surface area contributed by atoms with Crippen molar-refractivity contribution in [2.24, 2.45) is 5.41 Å². The minimum atomic E-state index is -0.413. The fourth-order valence-corrected chi connectivity index (χ4v) is 5.65. The molecule has 2 aromatic heterocycles. The highest BCUT2D eigenvalue weighted by Crippen LogP contribution is 2.47. The standard InChI is InChI=1S/C24H30FN5O3/c1-2-33-23(32)30-15-24(16-30)4-3-19(11-24)28-5-7-29(8-6-28)22-21(10-18(25)13-27-22)17-9-20(31)14-26-12-17/h9-10,12-14,19,31H,2-8,11,15-16H2,1H3/t19-/m1/s1. The molecule has 1 saturated carbocycles. The fourth-order valence-electron chi connectivity index (χ4n) is 5.65. The van der Waals surface area contributed by atoms with Gasteiger partial charge in [-0.05, 0) is 38.3 Å². The van der Waals surface area contributed by atoms with Crippen LogP contribution in [0.4, 0.5) is 15.0 Å². The van der Waals surface area contributed by atoms with Crippen LogP contribution in [-0.4, -0.2) is 82.9 Å². The molecule has 9 heteroatoms. The summed E-state index contributed by atoms with van der Waals surface area (Å²) in [6, 6.07) is 3.57. The Balaban J connectivity index is 1.21. The zero-order chi connectivity index (χ0) is 23.0. The summed E-state index contributed by atoms with van der Waals surface area (Å²) in [6.45, 7) is 7.31. The van der Waals surface area contributed by atoms with Gasteiger partial charge in [0.15, 0.2) is 0 Å². The molecule has 2 aromatic rings. The fraction of sp³-hybridized carbons (Fsp3) is 0.542. The average Bonchev–Trinajstić information content (AvgIpc) is 3.24. The van der Waals surface area contributed by atoms with Gasteiger partial charge in [-0.3, -0.25) is 9.88 Å². The van der Waals surface area contributed by atoms with E-state index in [-0.39, 0.29) is 17.3 Å². The third-order valence-electron chi connectivity index (χ3n) is 7.25. The third kappa shape index (κ3) is 4.34. The Kier molecular flexibility index (Phi) is 5.82. The van der Waals surface area contributed by atoms with E-state index in [1.54, 1.807) is 12.3 Å². The van der Waals surface area contributed by atoms with Crippen LogP contribution < -0.4 is 4.90 Å². The van der Waals surface area contributed by atoms with Gasteiger partial charge in [-0.1, -0.05) is 0 Å². The van der Waals surface area contributed by atoms with E-state index < -0.39 is 5.82 Å². The molecule has 0 unspecified atom stereocenters. The second-order valence-electron chi connectivity index (χ2n) is 9.43. The normalized spacial score (nSPS) is 22.4. The zero-order valence-corrected chi connectivity index (χ0v) is 18.9. The van der Waals surface area contributed by atoms with Crippen molar-refractivity contribution in [2.45, 2.75) is 32.2 Å². The largest absolute Gasteiger partial charge is 0.506 e. The number of anilines is 1. The Bertz CT molecular complexity index is 1020. The van der Waals surface area contributed by atoms with Gasteiger partial charge in [0.25, 0.3) is 0 Å². The maximum atomic E-state index is 14.0. The summed E-state index contributed by atoms with van der Waals surface area (Å²) in [6.07, 6.45) is 7.47. The van der Waals surface area contributed by atoms with E-state index >= 15 is 0 Å². The lowest BCUT2D eigenvalue weighted by atomic mass is 9.78. The number of ether oxygens (including phenoxy) is 1. The molecule has 3 aliphatic rings. The number of aromatic nitrogens is 2. The molecule has 2 saturated heterocycles. The smallest absolute Gasteiger partial charge is 0.409 e. The number of hydrogen-bond donors (Lipinski definition) is 1. The molecular formula is C24H30FN5O3. The van der Waals surface area contributed by atoms with Crippen molar-refractivity contribution in [3.63, 3.8) is 0 Å². The van der Waals surface area contributed by atoms with E-state index in [9.17, 15) is 14.3 Å². The molecule has 2 aliphatic heterocycles. The van der Waals surface area contributed by atoms with E-state index in [4.69, 9.17) is 4.74 Å². The number of piperazine rings is 1. The second-order valence-corrected chi connectivity index (χ2v) is 9.43. The minimum absolute atomic E-state index is 0.0419. The number of likely N-dealkylation sites (tertiary alicyclic amines) is 1. The van der Waals surface area contributed by atoms with Gasteiger partial charge in [0.05, 0.1) is 19.0 Å². The van der Waals surface area contributed by atoms with Gasteiger partial charge >= 0.3 is 6.09 Å². The molecule has 1 N–H and O–H groups in total. The first-order valence-corrected chi connectivity index (χ1v) is 11.7. The van der Waals surface area contributed by atoms with Crippen LogP contribution in [-0.2, 0) is 4.74 Å². The second kappa shape index (κ2) is 8.78. The van der Waals surface area contributed by atoms with E-state index in [2.05, 4.69) is 19.8 Å². The highest BCUT2D eigenvalue weighted by Gasteiger charge is 2.51. The van der Waals surface area contributed by atoms with Crippen molar-refractivity contribution in [3.8, 4) is 16.9 Å². The Morgan fingerprint density at radius 2 is 2.00 bits per heavy atom. The van der Waals surface area contributed by atoms with Gasteiger partial charge in [-0.25, -0.2) is 14.2 Å². The number of carbonyl (C=O) groups is 1. The first-order valence-electron chi connectivity index (χ1n) is 11.7. The predicted molar refractivity (Wildman–Crippen MR) is 122 cm³/mol. The lowest BCUT2D eigenvalue weighted by Crippen LogP contribution is -2.58. The molecule has 5 rings (SSSR count). The Labute approximate surface area is 193 Å². The number of amides is 1. The molecule has 33 heavy (non-hydrogen) atoms. The number of halogens is 1. The van der Waals surface area contributed by atoms with Gasteiger partial charge in [0, 0.05) is 68.0 Å². The van der Waals surface area contributed by atoms with Gasteiger partial charge in [0.1, 0.15) is 17.4 Å². The number of nitrogens with zero attached hydrogens (tertiary/aromatic N) is 5. The Morgan fingerprint density at radius 3 is 2.73 bits per heavy atom. The summed E-state index contributed by atoms with van der Waals surface area (Å²) in [5, 5.41) is 9.82. The SMILES string of the molecule is CCOC(=O)N1CC2(CC[C@@H](N3CCN(c4ncc(F)cc4-c4cncc(O)c4)CC3)C2)C1. The van der Waals surface area contributed by atoms with Gasteiger partial charge in [-0.2, -0.15) is 0 Å². The Hall–Kier alpha value is -2.94. The maximum absolute atomic E-state index is 14.0. The number of pyridine rings is 2. The molecule has 4 heterocycles. The van der Waals surface area contributed by atoms with E-state index in [0.29, 0.717) is 23.8 Å². The molecule has 1 spiro atoms. The quantitative estimate of drug-likeness (QED) is 0.759. The van der Waals surface area contributed by atoms with Crippen molar-refractivity contribution in [3.05, 3.63) is 36.5 Å². The minimum Gasteiger partial charge on any atom is -0.506 e. The highest BCUT2D eigenvalue weighted by atomic mass is 19.1. The molecule has 0 radical (unpaired) electrons. The molecule has 176 valence electrons. The van der Waals surface area contributed by atoms with Crippen LogP contribution in [0.15, 0.2) is 30.7 Å². The van der Waals surface area contributed by atoms with Gasteiger partial charge in [-0.15, -0.1) is 0 Å². The molecule has 0 aromatic carbocycles. The molecule has 0 bridgehead atoms. The van der Waals surface area contributed by atoms with E-state index in [0.717, 1.165) is 64.3 Å². The topological polar surface area (TPSA) is 82.0 Å². The van der Waals surface area contributed by atoms with Crippen LogP contribution in [0.25, 0.3) is 11.1 Å². The summed E-state index contributed by atoms with van der Waals surface area (Å²) in [5.74, 6) is 0.347. The number of rotatable bonds is 4. The molecule has 1 atom stereocenters. The summed E-state index contributed by atoms with van der Waals surface area (Å²) < 4.78 is 19.1. The van der Waals surface area contributed by atoms with Crippen LogP contribution in [0.3, 0.4) is 0 Å². The predicted octanol–water partition coefficient (Wildman–Crippen LogP) is 3.12. The first-order chi connectivity index (χ1) is 16.0. The summed E-state index contributed by atoms with van der Waals surface area (Å²) in [4.78, 5) is 26.9. The number of carbonyl (C=O) groups excluding carboxylic acids is 1. The van der Waals surface area contributed by atoms with E-state index in [1.807, 2.05) is 11.8 Å². The van der Waals surface area contributed by atoms with Crippen LogP contribution in [0.1, 0.15) is 26.2 Å². The van der Waals surface area contributed by atoms with E-state index in [1.165, 1.54) is 18.5 Å². The van der Waals surface area contributed by atoms with Crippen molar-refractivity contribution < 1.29 is 19.0 Å². The van der Waals surface area contributed by atoms with Crippen molar-refractivity contribution >= 4 is 11.9 Å². The van der Waals surface area contributed by atoms with Crippen LogP contribution >= 0.6 is 0 Å². The van der Waals surface area contributed by atoms with Crippen molar-refractivity contribution in [1.82, 2.24) is 19.8 Å². The summed E-state index contributed by atoms with van der Waals surface area (Å²) in [5.41, 5.74) is 1.54. The lowest BCUT2D eigenvalue weighted by Gasteiger charge is -2.48. The molecular weight excluding hydrogens is 425 g/mol. The zero-order valence-electron chi connectivity index (χ0n) is 18.9. The van der Waals surface area contributed by atoms with Crippen LogP contribution in [0, 0.1) is 11.2 Å². The third-order valence-corrected chi connectivity index (χ3v) is 7.25. The molecule has 1 aliphatic carbocycles. The number of aromatic hydroxyl groups is 1. The molecule has 1 amide bonds. The van der Waals surface area contributed by atoms with Crippen molar-refractivity contribution in [1.29, 1.82) is 0 Å². The van der Waals surface area contributed by atoms with Crippen LogP contribution in [0.5, 0.6) is 5.75 Å². The lowest BCUT2D eigenvalue weighted by molar-refractivity contribution is -0.00294. The monoisotopic (exact) mass is 455 g/mol. The van der Waals surface area contributed by atoms with Gasteiger partial charge < -0.3 is 19.6 Å². The summed E-state index contributed by atoms with van der Waals surface area (Å²) >= 11 is 0. The molecule has 3 fully saturated rings.